The van der Waals surface area contributed by atoms with Gasteiger partial charge in [-0.15, -0.1) is 0 Å². The number of rotatable bonds is 3. The third-order valence-electron chi connectivity index (χ3n) is 4.91. The van der Waals surface area contributed by atoms with Gasteiger partial charge < -0.3 is 0 Å². The molecule has 1 aliphatic carbocycles. The molecule has 0 bridgehead atoms. The molecule has 0 radical (unpaired) electrons. The summed E-state index contributed by atoms with van der Waals surface area (Å²) in [5.74, 6) is 2.38. The fourth-order valence-corrected chi connectivity index (χ4v) is 3.61. The molecule has 0 aromatic heterocycles. The molecule has 1 saturated carbocycles. The van der Waals surface area contributed by atoms with E-state index < -0.39 is 0 Å². The fourth-order valence-electron chi connectivity index (χ4n) is 3.61. The van der Waals surface area contributed by atoms with Crippen LogP contribution in [0.5, 0.6) is 0 Å². The van der Waals surface area contributed by atoms with E-state index in [0.29, 0.717) is 5.92 Å². The van der Waals surface area contributed by atoms with Crippen molar-refractivity contribution >= 4 is 5.71 Å². The zero-order chi connectivity index (χ0) is 14.4. The van der Waals surface area contributed by atoms with Crippen molar-refractivity contribution in [2.75, 3.05) is 7.05 Å². The van der Waals surface area contributed by atoms with E-state index in [1.54, 1.807) is 5.57 Å². The Hall–Kier alpha value is -0.590. The van der Waals surface area contributed by atoms with Gasteiger partial charge >= 0.3 is 0 Å². The molecule has 0 aromatic rings. The normalized spacial score (nSPS) is 26.3. The first-order valence-corrected chi connectivity index (χ1v) is 8.13. The quantitative estimate of drug-likeness (QED) is 0.460. The standard InChI is InChI=1S/C18H33N/c1-7-18(19-6)17-10-8-9-15(13(2)3)11-12-16(17)14(4)5/h13,15,17H,7-12H2,1-6H3. The summed E-state index contributed by atoms with van der Waals surface area (Å²) in [6.07, 6.45) is 7.84. The van der Waals surface area contributed by atoms with E-state index in [1.165, 1.54) is 43.4 Å². The minimum Gasteiger partial charge on any atom is -0.297 e. The Kier molecular flexibility index (Phi) is 6.82. The van der Waals surface area contributed by atoms with E-state index in [9.17, 15) is 0 Å². The summed E-state index contributed by atoms with van der Waals surface area (Å²) in [6.45, 7) is 11.6. The van der Waals surface area contributed by atoms with Crippen LogP contribution in [-0.2, 0) is 0 Å². The van der Waals surface area contributed by atoms with Crippen LogP contribution in [0, 0.1) is 17.8 Å². The average Bonchev–Trinajstić information content (AvgIpc) is 2.32. The van der Waals surface area contributed by atoms with Crippen molar-refractivity contribution in [2.45, 2.75) is 73.1 Å². The van der Waals surface area contributed by atoms with Crippen LogP contribution < -0.4 is 0 Å². The molecular weight excluding hydrogens is 230 g/mol. The molecule has 0 heterocycles. The molecule has 0 aromatic carbocycles. The molecule has 2 atom stereocenters. The van der Waals surface area contributed by atoms with E-state index in [-0.39, 0.29) is 0 Å². The third-order valence-corrected chi connectivity index (χ3v) is 4.91. The maximum absolute atomic E-state index is 4.57. The van der Waals surface area contributed by atoms with Crippen molar-refractivity contribution in [1.29, 1.82) is 0 Å². The summed E-state index contributed by atoms with van der Waals surface area (Å²) < 4.78 is 0. The first kappa shape index (κ1) is 16.5. The minimum absolute atomic E-state index is 0.633. The molecule has 1 rings (SSSR count). The first-order chi connectivity index (χ1) is 9.01. The number of aliphatic imine (C=N–C) groups is 1. The molecule has 0 spiro atoms. The number of hydrogen-bond donors (Lipinski definition) is 0. The fraction of sp³-hybridized carbons (Fsp3) is 0.833. The van der Waals surface area contributed by atoms with Crippen molar-refractivity contribution in [2.24, 2.45) is 22.7 Å². The molecule has 1 fully saturated rings. The molecule has 0 amide bonds. The summed E-state index contributed by atoms with van der Waals surface area (Å²) in [5.41, 5.74) is 4.64. The highest BCUT2D eigenvalue weighted by atomic mass is 14.7. The van der Waals surface area contributed by atoms with E-state index in [2.05, 4.69) is 39.6 Å². The molecule has 1 heteroatoms. The Labute approximate surface area is 120 Å². The predicted octanol–water partition coefficient (Wildman–Crippen LogP) is 5.66. The largest absolute Gasteiger partial charge is 0.297 e. The van der Waals surface area contributed by atoms with Gasteiger partial charge in [0.05, 0.1) is 0 Å². The summed E-state index contributed by atoms with van der Waals surface area (Å²) in [7, 11) is 1.97. The van der Waals surface area contributed by atoms with E-state index in [4.69, 9.17) is 0 Å². The lowest BCUT2D eigenvalue weighted by Crippen LogP contribution is -2.22. The topological polar surface area (TPSA) is 12.4 Å². The van der Waals surface area contributed by atoms with Crippen molar-refractivity contribution in [1.82, 2.24) is 0 Å². The average molecular weight is 263 g/mol. The van der Waals surface area contributed by atoms with Crippen LogP contribution in [0.25, 0.3) is 0 Å². The molecule has 110 valence electrons. The third kappa shape index (κ3) is 4.47. The van der Waals surface area contributed by atoms with E-state index >= 15 is 0 Å². The molecule has 1 nitrogen and oxygen atoms in total. The number of hydrogen-bond acceptors (Lipinski definition) is 1. The minimum atomic E-state index is 0.633. The SMILES string of the molecule is CCC(=NC)C1CCCC(C(C)C)CCC1=C(C)C. The lowest BCUT2D eigenvalue weighted by atomic mass is 9.75. The van der Waals surface area contributed by atoms with Gasteiger partial charge in [-0.05, 0) is 51.4 Å². The summed E-state index contributed by atoms with van der Waals surface area (Å²) in [4.78, 5) is 4.57. The molecule has 0 aliphatic heterocycles. The zero-order valence-electron chi connectivity index (χ0n) is 13.9. The lowest BCUT2D eigenvalue weighted by Gasteiger charge is -2.30. The van der Waals surface area contributed by atoms with Crippen molar-refractivity contribution in [3.63, 3.8) is 0 Å². The van der Waals surface area contributed by atoms with Crippen LogP contribution in [-0.4, -0.2) is 12.8 Å². The van der Waals surface area contributed by atoms with Gasteiger partial charge in [-0.1, -0.05) is 44.8 Å². The second-order valence-electron chi connectivity index (χ2n) is 6.62. The maximum Gasteiger partial charge on any atom is 0.0276 e. The molecule has 2 unspecified atom stereocenters. The summed E-state index contributed by atoms with van der Waals surface area (Å²) in [5, 5.41) is 0. The van der Waals surface area contributed by atoms with Gasteiger partial charge in [0, 0.05) is 18.7 Å². The Balaban J connectivity index is 2.92. The molecular formula is C18H33N. The molecule has 0 N–H and O–H groups in total. The van der Waals surface area contributed by atoms with E-state index in [1.807, 2.05) is 7.05 Å². The first-order valence-electron chi connectivity index (χ1n) is 8.13. The second kappa shape index (κ2) is 7.87. The Bertz CT molecular complexity index is 332. The van der Waals surface area contributed by atoms with Crippen molar-refractivity contribution in [3.05, 3.63) is 11.1 Å². The van der Waals surface area contributed by atoms with Gasteiger partial charge in [-0.25, -0.2) is 0 Å². The summed E-state index contributed by atoms with van der Waals surface area (Å²) >= 11 is 0. The van der Waals surface area contributed by atoms with Crippen LogP contribution >= 0.6 is 0 Å². The van der Waals surface area contributed by atoms with Crippen LogP contribution in [0.2, 0.25) is 0 Å². The Morgan fingerprint density at radius 3 is 2.37 bits per heavy atom. The second-order valence-corrected chi connectivity index (χ2v) is 6.62. The number of nitrogens with zero attached hydrogens (tertiary/aromatic N) is 1. The van der Waals surface area contributed by atoms with Gasteiger partial charge in [0.2, 0.25) is 0 Å². The van der Waals surface area contributed by atoms with Crippen LogP contribution in [0.1, 0.15) is 73.1 Å². The Morgan fingerprint density at radius 1 is 1.21 bits per heavy atom. The monoisotopic (exact) mass is 263 g/mol. The summed E-state index contributed by atoms with van der Waals surface area (Å²) in [6, 6.07) is 0. The van der Waals surface area contributed by atoms with Gasteiger partial charge in [0.25, 0.3) is 0 Å². The van der Waals surface area contributed by atoms with Crippen LogP contribution in [0.15, 0.2) is 16.1 Å². The van der Waals surface area contributed by atoms with Crippen molar-refractivity contribution in [3.8, 4) is 0 Å². The molecule has 19 heavy (non-hydrogen) atoms. The van der Waals surface area contributed by atoms with Crippen LogP contribution in [0.4, 0.5) is 0 Å². The number of allylic oxidation sites excluding steroid dienone is 2. The highest BCUT2D eigenvalue weighted by molar-refractivity contribution is 5.89. The van der Waals surface area contributed by atoms with Gasteiger partial charge in [-0.3, -0.25) is 4.99 Å². The molecule has 1 aliphatic rings. The highest BCUT2D eigenvalue weighted by Crippen LogP contribution is 2.36. The van der Waals surface area contributed by atoms with Gasteiger partial charge in [0.15, 0.2) is 0 Å². The maximum atomic E-state index is 4.57. The van der Waals surface area contributed by atoms with Gasteiger partial charge in [0.1, 0.15) is 0 Å². The smallest absolute Gasteiger partial charge is 0.0276 e. The predicted molar refractivity (Wildman–Crippen MR) is 86.9 cm³/mol. The zero-order valence-corrected chi connectivity index (χ0v) is 13.9. The van der Waals surface area contributed by atoms with E-state index in [0.717, 1.165) is 18.3 Å². The lowest BCUT2D eigenvalue weighted by molar-refractivity contribution is 0.307. The Morgan fingerprint density at radius 2 is 1.89 bits per heavy atom. The van der Waals surface area contributed by atoms with Crippen molar-refractivity contribution < 1.29 is 0 Å². The van der Waals surface area contributed by atoms with Gasteiger partial charge in [-0.2, -0.15) is 0 Å². The van der Waals surface area contributed by atoms with Crippen LogP contribution in [0.3, 0.4) is 0 Å². The highest BCUT2D eigenvalue weighted by Gasteiger charge is 2.25. The molecule has 0 saturated heterocycles.